The van der Waals surface area contributed by atoms with Gasteiger partial charge in [0.05, 0.1) is 18.8 Å². The van der Waals surface area contributed by atoms with E-state index in [-0.39, 0.29) is 12.1 Å². The van der Waals surface area contributed by atoms with Gasteiger partial charge in [-0.15, -0.1) is 0 Å². The molecule has 2 N–H and O–H groups in total. The van der Waals surface area contributed by atoms with Crippen molar-refractivity contribution in [3.05, 3.63) is 65.7 Å². The number of methoxy groups -OCH3 is 1. The largest absolute Gasteiger partial charge is 0.465 e. The van der Waals surface area contributed by atoms with Crippen LogP contribution in [0.1, 0.15) is 28.8 Å². The number of nitrogens with one attached hydrogen (secondary N) is 1. The number of urea groups is 1. The number of rotatable bonds is 2. The Hall–Kier alpha value is -2.86. The van der Waals surface area contributed by atoms with E-state index in [1.165, 1.54) is 12.7 Å². The Bertz CT molecular complexity index is 809. The van der Waals surface area contributed by atoms with Crippen molar-refractivity contribution < 1.29 is 19.4 Å². The van der Waals surface area contributed by atoms with Gasteiger partial charge in [-0.3, -0.25) is 0 Å². The maximum atomic E-state index is 12.3. The Morgan fingerprint density at radius 3 is 2.07 bits per heavy atom. The maximum Gasteiger partial charge on any atom is 0.337 e. The number of amides is 2. The van der Waals surface area contributed by atoms with Gasteiger partial charge in [0, 0.05) is 18.8 Å². The average molecular weight is 396 g/mol. The molecule has 1 heterocycles. The van der Waals surface area contributed by atoms with E-state index in [0.717, 1.165) is 12.8 Å². The number of anilines is 1. The molecule has 2 aromatic carbocycles. The van der Waals surface area contributed by atoms with Gasteiger partial charge in [-0.2, -0.15) is 0 Å². The Labute approximate surface area is 171 Å². The first kappa shape index (κ1) is 20.9. The van der Waals surface area contributed by atoms with Crippen molar-refractivity contribution in [2.24, 2.45) is 11.8 Å². The minimum Gasteiger partial charge on any atom is -0.465 e. The molecule has 2 fully saturated rings. The van der Waals surface area contributed by atoms with E-state index in [1.54, 1.807) is 29.2 Å². The van der Waals surface area contributed by atoms with Crippen molar-refractivity contribution in [3.8, 4) is 0 Å². The molecule has 6 nitrogen and oxygen atoms in total. The van der Waals surface area contributed by atoms with Crippen LogP contribution in [0.5, 0.6) is 0 Å². The number of hydrogen-bond acceptors (Lipinski definition) is 4. The number of carbonyl (C=O) groups excluding carboxylic acids is 2. The summed E-state index contributed by atoms with van der Waals surface area (Å²) in [4.78, 5) is 25.4. The molecule has 1 saturated carbocycles. The number of nitrogens with zero attached hydrogens (tertiary/aromatic N) is 1. The molecule has 6 heteroatoms. The molecule has 0 aromatic heterocycles. The van der Waals surface area contributed by atoms with Gasteiger partial charge in [-0.05, 0) is 55.9 Å². The standard InChI is InChI=1S/C16H20N2O4.C7H8/c1-22-15(20)10-2-4-13(5-3-10)17-16(21)18-8-11-6-14(19)7-12(11)9-18;1-7-5-3-2-4-6-7/h2-5,11-12,14,19H,6-9H2,1H3,(H,17,21);2-6H,1H3/t11-,12+,14?;. The third-order valence-electron chi connectivity index (χ3n) is 5.51. The van der Waals surface area contributed by atoms with Crippen LogP contribution in [-0.4, -0.2) is 48.3 Å². The molecule has 29 heavy (non-hydrogen) atoms. The average Bonchev–Trinajstić information content (AvgIpc) is 3.26. The van der Waals surface area contributed by atoms with Crippen molar-refractivity contribution in [2.45, 2.75) is 25.9 Å². The fraction of sp³-hybridized carbons (Fsp3) is 0.391. The van der Waals surface area contributed by atoms with Crippen molar-refractivity contribution in [1.29, 1.82) is 0 Å². The molecule has 0 radical (unpaired) electrons. The lowest BCUT2D eigenvalue weighted by Crippen LogP contribution is -2.34. The van der Waals surface area contributed by atoms with Crippen molar-refractivity contribution in [2.75, 3.05) is 25.5 Å². The van der Waals surface area contributed by atoms with Gasteiger partial charge in [-0.25, -0.2) is 9.59 Å². The van der Waals surface area contributed by atoms with E-state index in [4.69, 9.17) is 0 Å². The Balaban J connectivity index is 0.000000290. The normalized spacial score (nSPS) is 22.3. The lowest BCUT2D eigenvalue weighted by molar-refractivity contribution is 0.0600. The number of ether oxygens (including phenoxy) is 1. The van der Waals surface area contributed by atoms with E-state index in [1.807, 2.05) is 18.2 Å². The summed E-state index contributed by atoms with van der Waals surface area (Å²) in [5.74, 6) is 0.439. The molecule has 4 rings (SSSR count). The summed E-state index contributed by atoms with van der Waals surface area (Å²) in [6.45, 7) is 3.49. The highest BCUT2D eigenvalue weighted by atomic mass is 16.5. The van der Waals surface area contributed by atoms with Crippen molar-refractivity contribution >= 4 is 17.7 Å². The first-order valence-corrected chi connectivity index (χ1v) is 9.90. The molecule has 1 aliphatic heterocycles. The number of aliphatic hydroxyl groups excluding tert-OH is 1. The summed E-state index contributed by atoms with van der Waals surface area (Å²) in [5.41, 5.74) is 2.42. The zero-order chi connectivity index (χ0) is 20.8. The predicted octanol–water partition coefficient (Wildman–Crippen LogP) is 3.70. The van der Waals surface area contributed by atoms with Crippen LogP contribution < -0.4 is 5.32 Å². The molecule has 0 bridgehead atoms. The maximum absolute atomic E-state index is 12.3. The topological polar surface area (TPSA) is 78.9 Å². The minimum atomic E-state index is -0.399. The highest BCUT2D eigenvalue weighted by molar-refractivity contribution is 5.92. The van der Waals surface area contributed by atoms with Crippen molar-refractivity contribution in [3.63, 3.8) is 0 Å². The fourth-order valence-corrected chi connectivity index (χ4v) is 3.98. The number of benzene rings is 2. The second-order valence-corrected chi connectivity index (χ2v) is 7.70. The number of esters is 1. The smallest absolute Gasteiger partial charge is 0.337 e. The number of aliphatic hydroxyl groups is 1. The van der Waals surface area contributed by atoms with Crippen LogP contribution in [0.3, 0.4) is 0 Å². The molecular formula is C23H28N2O4. The van der Waals surface area contributed by atoms with Crippen LogP contribution in [0.15, 0.2) is 54.6 Å². The van der Waals surface area contributed by atoms with E-state index < -0.39 is 5.97 Å². The number of aryl methyl sites for hydroxylation is 1. The van der Waals surface area contributed by atoms with Gasteiger partial charge < -0.3 is 20.1 Å². The van der Waals surface area contributed by atoms with E-state index in [9.17, 15) is 14.7 Å². The Kier molecular flexibility index (Phi) is 6.88. The summed E-state index contributed by atoms with van der Waals surface area (Å²) in [6.07, 6.45) is 1.39. The van der Waals surface area contributed by atoms with Crippen LogP contribution in [0.2, 0.25) is 0 Å². The zero-order valence-electron chi connectivity index (χ0n) is 16.9. The Morgan fingerprint density at radius 1 is 1.00 bits per heavy atom. The van der Waals surface area contributed by atoms with E-state index in [0.29, 0.717) is 36.2 Å². The molecule has 1 saturated heterocycles. The second kappa shape index (κ2) is 9.56. The molecular weight excluding hydrogens is 368 g/mol. The fourth-order valence-electron chi connectivity index (χ4n) is 3.98. The Morgan fingerprint density at radius 2 is 1.59 bits per heavy atom. The van der Waals surface area contributed by atoms with E-state index >= 15 is 0 Å². The summed E-state index contributed by atoms with van der Waals surface area (Å²) in [5, 5.41) is 12.5. The van der Waals surface area contributed by atoms with Crippen LogP contribution >= 0.6 is 0 Å². The van der Waals surface area contributed by atoms with Crippen LogP contribution in [0, 0.1) is 18.8 Å². The quantitative estimate of drug-likeness (QED) is 0.759. The number of carbonyl (C=O) groups is 2. The third kappa shape index (κ3) is 5.57. The lowest BCUT2D eigenvalue weighted by atomic mass is 10.0. The third-order valence-corrected chi connectivity index (χ3v) is 5.51. The molecule has 1 unspecified atom stereocenters. The van der Waals surface area contributed by atoms with Gasteiger partial charge in [0.25, 0.3) is 0 Å². The lowest BCUT2D eigenvalue weighted by Gasteiger charge is -2.19. The monoisotopic (exact) mass is 396 g/mol. The molecule has 2 amide bonds. The first-order valence-electron chi connectivity index (χ1n) is 9.90. The number of hydrogen-bond donors (Lipinski definition) is 2. The second-order valence-electron chi connectivity index (χ2n) is 7.70. The molecule has 1 aliphatic carbocycles. The summed E-state index contributed by atoms with van der Waals surface area (Å²) < 4.78 is 4.63. The van der Waals surface area contributed by atoms with Gasteiger partial charge in [0.2, 0.25) is 0 Å². The van der Waals surface area contributed by atoms with E-state index in [2.05, 4.69) is 29.1 Å². The molecule has 2 aliphatic rings. The molecule has 0 spiro atoms. The zero-order valence-corrected chi connectivity index (χ0v) is 16.9. The molecule has 154 valence electrons. The highest BCUT2D eigenvalue weighted by Crippen LogP contribution is 2.38. The molecule has 2 aromatic rings. The number of likely N-dealkylation sites (tertiary alicyclic amines) is 1. The van der Waals surface area contributed by atoms with Crippen molar-refractivity contribution in [1.82, 2.24) is 4.90 Å². The minimum absolute atomic E-state index is 0.130. The summed E-state index contributed by atoms with van der Waals surface area (Å²) in [7, 11) is 1.33. The van der Waals surface area contributed by atoms with Gasteiger partial charge in [-0.1, -0.05) is 35.9 Å². The highest BCUT2D eigenvalue weighted by Gasteiger charge is 2.41. The number of fused-ring (bicyclic) bond motifs is 1. The van der Waals surface area contributed by atoms with Crippen LogP contribution in [-0.2, 0) is 4.74 Å². The SMILES string of the molecule is COC(=O)c1ccc(NC(=O)N2C[C@H]3CC(O)C[C@H]3C2)cc1.Cc1ccccc1. The first-order chi connectivity index (χ1) is 14.0. The van der Waals surface area contributed by atoms with Gasteiger partial charge in [0.1, 0.15) is 0 Å². The molecule has 3 atom stereocenters. The van der Waals surface area contributed by atoms with Crippen LogP contribution in [0.4, 0.5) is 10.5 Å². The van der Waals surface area contributed by atoms with Gasteiger partial charge >= 0.3 is 12.0 Å². The van der Waals surface area contributed by atoms with Gasteiger partial charge in [0.15, 0.2) is 0 Å². The summed E-state index contributed by atoms with van der Waals surface area (Å²) >= 11 is 0. The predicted molar refractivity (Wildman–Crippen MR) is 112 cm³/mol. The van der Waals surface area contributed by atoms with Crippen LogP contribution in [0.25, 0.3) is 0 Å². The summed E-state index contributed by atoms with van der Waals surface area (Å²) in [6, 6.07) is 16.7.